The largest absolute Gasteiger partial charge is 0.507 e. The smallest absolute Gasteiger partial charge is 0.214 e. The molecule has 2 fully saturated rings. The Morgan fingerprint density at radius 2 is 1.86 bits per heavy atom. The number of hydrogen-bond donors (Lipinski definition) is 3. The van der Waals surface area contributed by atoms with Crippen LogP contribution in [0.15, 0.2) is 48.7 Å². The molecular weight excluding hydrogens is 449 g/mol. The van der Waals surface area contributed by atoms with Crippen LogP contribution in [0.1, 0.15) is 36.8 Å². The molecule has 0 spiro atoms. The van der Waals surface area contributed by atoms with Crippen LogP contribution >= 0.6 is 0 Å². The summed E-state index contributed by atoms with van der Waals surface area (Å²) in [5.74, 6) is -0.159. The Hall–Kier alpha value is -3.56. The summed E-state index contributed by atoms with van der Waals surface area (Å²) >= 11 is 0. The molecule has 2 aliphatic rings. The minimum absolute atomic E-state index is 0.0252. The maximum Gasteiger partial charge on any atom is 0.214 e. The van der Waals surface area contributed by atoms with Gasteiger partial charge < -0.3 is 25.6 Å². The molecule has 0 radical (unpaired) electrons. The molecule has 1 saturated heterocycles. The number of anilines is 1. The average molecular weight is 478 g/mol. The second-order valence-corrected chi connectivity index (χ2v) is 8.88. The fourth-order valence-corrected chi connectivity index (χ4v) is 4.32. The number of halogens is 1. The van der Waals surface area contributed by atoms with Crippen LogP contribution in [0, 0.1) is 0 Å². The number of nitrogen functional groups attached to an aromatic ring is 1. The van der Waals surface area contributed by atoms with Crippen LogP contribution < -0.4 is 15.8 Å². The number of phenolic OH excluding ortho intramolecular Hbond substituents is 1. The third-order valence-corrected chi connectivity index (χ3v) is 6.32. The number of rotatable bonds is 7. The van der Waals surface area contributed by atoms with Crippen LogP contribution in [-0.2, 0) is 4.74 Å². The van der Waals surface area contributed by atoms with Crippen molar-refractivity contribution in [1.29, 1.82) is 0 Å². The lowest BCUT2D eigenvalue weighted by molar-refractivity contribution is -0.104. The van der Waals surface area contributed by atoms with E-state index in [1.165, 1.54) is 18.2 Å². The van der Waals surface area contributed by atoms with Crippen molar-refractivity contribution in [1.82, 2.24) is 20.5 Å². The Labute approximate surface area is 203 Å². The lowest BCUT2D eigenvalue weighted by atomic mass is 9.91. The maximum absolute atomic E-state index is 15.2. The second-order valence-electron chi connectivity index (χ2n) is 8.88. The highest BCUT2D eigenvalue weighted by atomic mass is 19.1. The Morgan fingerprint density at radius 1 is 1.06 bits per heavy atom. The van der Waals surface area contributed by atoms with Gasteiger partial charge in [0.25, 0.3) is 0 Å². The van der Waals surface area contributed by atoms with Gasteiger partial charge in [-0.2, -0.15) is 0 Å². The number of nitrogens with one attached hydrogen (secondary N) is 1. The number of phenols is 1. The predicted molar refractivity (Wildman–Crippen MR) is 131 cm³/mol. The standard InChI is InChI=1S/C26H28FN5O3/c27-22(21-15-23(31-32-26(21)28)20-3-1-2-4-24(20)33)11-16-5-10-30-25(12-16)35-19-13-18(14-19)34-17-6-8-29-9-7-17/h1-5,10-12,15,17-19,29,33H,6-9,13-14H2,(H2,28,32). The van der Waals surface area contributed by atoms with Crippen molar-refractivity contribution in [2.24, 2.45) is 0 Å². The summed E-state index contributed by atoms with van der Waals surface area (Å²) in [5, 5.41) is 21.3. The molecule has 182 valence electrons. The van der Waals surface area contributed by atoms with Crippen molar-refractivity contribution < 1.29 is 19.0 Å². The van der Waals surface area contributed by atoms with E-state index in [1.807, 2.05) is 0 Å². The zero-order chi connectivity index (χ0) is 24.2. The summed E-state index contributed by atoms with van der Waals surface area (Å²) in [6.07, 6.45) is 7.28. The van der Waals surface area contributed by atoms with Crippen LogP contribution in [-0.4, -0.2) is 51.7 Å². The molecule has 5 rings (SSSR count). The number of aromatic nitrogens is 3. The fourth-order valence-electron chi connectivity index (χ4n) is 4.32. The molecule has 35 heavy (non-hydrogen) atoms. The highest BCUT2D eigenvalue weighted by Crippen LogP contribution is 2.33. The number of para-hydroxylation sites is 1. The van der Waals surface area contributed by atoms with E-state index in [1.54, 1.807) is 36.5 Å². The fraction of sp³-hybridized carbons (Fsp3) is 0.346. The number of ether oxygens (including phenoxy) is 2. The first-order valence-electron chi connectivity index (χ1n) is 11.8. The molecular formula is C26H28FN5O3. The molecule has 1 aromatic carbocycles. The normalized spacial score (nSPS) is 20.9. The van der Waals surface area contributed by atoms with E-state index in [-0.39, 0.29) is 29.3 Å². The molecule has 0 unspecified atom stereocenters. The van der Waals surface area contributed by atoms with Crippen LogP contribution in [0.3, 0.4) is 0 Å². The van der Waals surface area contributed by atoms with E-state index in [4.69, 9.17) is 15.2 Å². The predicted octanol–water partition coefficient (Wildman–Crippen LogP) is 3.97. The molecule has 1 aliphatic carbocycles. The molecule has 1 aliphatic heterocycles. The Balaban J connectivity index is 1.24. The van der Waals surface area contributed by atoms with Crippen LogP contribution in [0.2, 0.25) is 0 Å². The van der Waals surface area contributed by atoms with Gasteiger partial charge >= 0.3 is 0 Å². The van der Waals surface area contributed by atoms with Gasteiger partial charge in [0.1, 0.15) is 17.7 Å². The van der Waals surface area contributed by atoms with Gasteiger partial charge in [-0.05, 0) is 61.8 Å². The molecule has 2 aromatic heterocycles. The quantitative estimate of drug-likeness (QED) is 0.468. The number of benzene rings is 1. The summed E-state index contributed by atoms with van der Waals surface area (Å²) in [5.41, 5.74) is 7.32. The minimum atomic E-state index is -0.578. The molecule has 0 bridgehead atoms. The summed E-state index contributed by atoms with van der Waals surface area (Å²) in [6.45, 7) is 2.02. The highest BCUT2D eigenvalue weighted by molar-refractivity contribution is 5.83. The summed E-state index contributed by atoms with van der Waals surface area (Å²) in [7, 11) is 0. The molecule has 9 heteroatoms. The topological polar surface area (TPSA) is 115 Å². The van der Waals surface area contributed by atoms with Crippen molar-refractivity contribution in [3.8, 4) is 22.9 Å². The number of piperidine rings is 1. The SMILES string of the molecule is Nc1nnc(-c2ccccc2O)cc1C(F)=Cc1ccnc(OC2CC(OC3CCNCC3)C2)c1. The van der Waals surface area contributed by atoms with Crippen LogP contribution in [0.5, 0.6) is 11.6 Å². The van der Waals surface area contributed by atoms with E-state index in [0.717, 1.165) is 38.8 Å². The van der Waals surface area contributed by atoms with Gasteiger partial charge in [0.15, 0.2) is 5.82 Å². The Morgan fingerprint density at radius 3 is 2.66 bits per heavy atom. The lowest BCUT2D eigenvalue weighted by Gasteiger charge is -2.38. The zero-order valence-corrected chi connectivity index (χ0v) is 19.2. The van der Waals surface area contributed by atoms with Gasteiger partial charge in [0.05, 0.1) is 23.5 Å². The monoisotopic (exact) mass is 477 g/mol. The second kappa shape index (κ2) is 10.4. The van der Waals surface area contributed by atoms with E-state index in [2.05, 4.69) is 20.5 Å². The number of nitrogens with two attached hydrogens (primary N) is 1. The molecule has 3 heterocycles. The summed E-state index contributed by atoms with van der Waals surface area (Å²) in [4.78, 5) is 4.27. The highest BCUT2D eigenvalue weighted by Gasteiger charge is 2.34. The van der Waals surface area contributed by atoms with E-state index < -0.39 is 5.83 Å². The van der Waals surface area contributed by atoms with Crippen molar-refractivity contribution >= 4 is 17.7 Å². The third-order valence-electron chi connectivity index (χ3n) is 6.32. The van der Waals surface area contributed by atoms with Crippen molar-refractivity contribution in [3.05, 3.63) is 59.8 Å². The van der Waals surface area contributed by atoms with Gasteiger partial charge in [-0.3, -0.25) is 0 Å². The van der Waals surface area contributed by atoms with E-state index in [0.29, 0.717) is 28.8 Å². The van der Waals surface area contributed by atoms with Crippen molar-refractivity contribution in [2.75, 3.05) is 18.8 Å². The number of nitrogens with zero attached hydrogens (tertiary/aromatic N) is 3. The molecule has 4 N–H and O–H groups in total. The third kappa shape index (κ3) is 5.58. The zero-order valence-electron chi connectivity index (χ0n) is 19.2. The molecule has 1 saturated carbocycles. The summed E-state index contributed by atoms with van der Waals surface area (Å²) in [6, 6.07) is 11.5. The number of hydrogen-bond acceptors (Lipinski definition) is 8. The Bertz CT molecular complexity index is 1210. The molecule has 0 amide bonds. The van der Waals surface area contributed by atoms with Gasteiger partial charge in [-0.25, -0.2) is 9.37 Å². The number of pyridine rings is 1. The van der Waals surface area contributed by atoms with Gasteiger partial charge in [0.2, 0.25) is 5.88 Å². The number of aromatic hydroxyl groups is 1. The first-order chi connectivity index (χ1) is 17.0. The van der Waals surface area contributed by atoms with Crippen LogP contribution in [0.25, 0.3) is 23.2 Å². The van der Waals surface area contributed by atoms with Gasteiger partial charge in [-0.1, -0.05) is 12.1 Å². The molecule has 8 nitrogen and oxygen atoms in total. The van der Waals surface area contributed by atoms with Gasteiger partial charge in [0, 0.05) is 30.7 Å². The van der Waals surface area contributed by atoms with E-state index in [9.17, 15) is 5.11 Å². The first kappa shape index (κ1) is 23.2. The average Bonchev–Trinajstić information content (AvgIpc) is 2.84. The van der Waals surface area contributed by atoms with Crippen molar-refractivity contribution in [3.63, 3.8) is 0 Å². The van der Waals surface area contributed by atoms with Crippen LogP contribution in [0.4, 0.5) is 10.2 Å². The minimum Gasteiger partial charge on any atom is -0.507 e. The van der Waals surface area contributed by atoms with Crippen molar-refractivity contribution in [2.45, 2.75) is 44.0 Å². The first-order valence-corrected chi connectivity index (χ1v) is 11.8. The van der Waals surface area contributed by atoms with E-state index >= 15 is 4.39 Å². The summed E-state index contributed by atoms with van der Waals surface area (Å²) < 4.78 is 27.3. The molecule has 0 atom stereocenters. The molecule has 3 aromatic rings. The van der Waals surface area contributed by atoms with Gasteiger partial charge in [-0.15, -0.1) is 10.2 Å². The lowest BCUT2D eigenvalue weighted by Crippen LogP contribution is -2.43. The Kier molecular flexibility index (Phi) is 6.87. The maximum atomic E-state index is 15.2.